The predicted octanol–water partition coefficient (Wildman–Crippen LogP) is 8.23. The van der Waals surface area contributed by atoms with Gasteiger partial charge in [0.05, 0.1) is 50.8 Å². The van der Waals surface area contributed by atoms with Crippen molar-refractivity contribution in [3.05, 3.63) is 168 Å². The van der Waals surface area contributed by atoms with E-state index in [1.165, 1.54) is 10.4 Å². The Labute approximate surface area is 357 Å². The standard InChI is InChI=1S/C51H62O8Si/c1-36-44(35-56-60(51(4,5)6,42-28-18-10-19-29-42)43-30-20-11-21-31-43)57-37(2)46(45(36)52)59-50-49(55-34-41-26-16-9-17-27-41)48(54-33-40-24-14-8-15-25-40)47(38(3)58-50)53-32-39-22-12-7-13-23-39/h7-31,36-38,44-50,52H,32-35H2,1-6H3. The van der Waals surface area contributed by atoms with Crippen molar-refractivity contribution in [3.8, 4) is 0 Å². The molecule has 0 aliphatic carbocycles. The molecule has 2 saturated heterocycles. The van der Waals surface area contributed by atoms with Gasteiger partial charge in [0.2, 0.25) is 0 Å². The number of rotatable bonds is 16. The molecule has 5 aromatic rings. The lowest BCUT2D eigenvalue weighted by Crippen LogP contribution is -2.68. The predicted molar refractivity (Wildman–Crippen MR) is 237 cm³/mol. The van der Waals surface area contributed by atoms with Crippen molar-refractivity contribution < 1.29 is 38.0 Å². The molecule has 9 heteroatoms. The number of aliphatic hydroxyl groups excluding tert-OH is 1. The summed E-state index contributed by atoms with van der Waals surface area (Å²) >= 11 is 0. The lowest BCUT2D eigenvalue weighted by molar-refractivity contribution is -0.348. The molecular formula is C51H62O8Si. The smallest absolute Gasteiger partial charge is 0.261 e. The van der Waals surface area contributed by atoms with Crippen LogP contribution in [-0.2, 0) is 52.7 Å². The average molecular weight is 831 g/mol. The Bertz CT molecular complexity index is 1960. The summed E-state index contributed by atoms with van der Waals surface area (Å²) in [6.07, 6.45) is -5.58. The molecule has 2 aliphatic heterocycles. The van der Waals surface area contributed by atoms with Crippen LogP contribution in [0.15, 0.2) is 152 Å². The minimum Gasteiger partial charge on any atom is -0.405 e. The van der Waals surface area contributed by atoms with Gasteiger partial charge >= 0.3 is 0 Å². The van der Waals surface area contributed by atoms with Gasteiger partial charge in [0, 0.05) is 5.92 Å². The minimum atomic E-state index is -2.84. The molecule has 0 radical (unpaired) electrons. The molecule has 2 aliphatic rings. The Kier molecular flexibility index (Phi) is 14.9. The zero-order chi connectivity index (χ0) is 42.1. The van der Waals surface area contributed by atoms with E-state index in [1.807, 2.05) is 124 Å². The number of ether oxygens (including phenoxy) is 6. The van der Waals surface area contributed by atoms with Crippen LogP contribution in [0.5, 0.6) is 0 Å². The van der Waals surface area contributed by atoms with E-state index < -0.39 is 57.3 Å². The quantitative estimate of drug-likeness (QED) is 0.0997. The first-order valence-corrected chi connectivity index (χ1v) is 23.3. The monoisotopic (exact) mass is 830 g/mol. The van der Waals surface area contributed by atoms with Gasteiger partial charge in [0.25, 0.3) is 8.32 Å². The summed E-state index contributed by atoms with van der Waals surface area (Å²) in [7, 11) is -2.84. The summed E-state index contributed by atoms with van der Waals surface area (Å²) in [5.74, 6) is -0.318. The second kappa shape index (κ2) is 20.2. The molecule has 60 heavy (non-hydrogen) atoms. The van der Waals surface area contributed by atoms with Gasteiger partial charge in [-0.05, 0) is 45.9 Å². The van der Waals surface area contributed by atoms with Crippen molar-refractivity contribution in [2.45, 2.75) is 122 Å². The lowest BCUT2D eigenvalue weighted by Gasteiger charge is -2.49. The van der Waals surface area contributed by atoms with Crippen LogP contribution in [-0.4, -0.2) is 75.2 Å². The highest BCUT2D eigenvalue weighted by molar-refractivity contribution is 6.99. The third-order valence-electron chi connectivity index (χ3n) is 12.1. The number of hydrogen-bond acceptors (Lipinski definition) is 8. The minimum absolute atomic E-state index is 0.199. The maximum absolute atomic E-state index is 12.2. The van der Waals surface area contributed by atoms with Gasteiger partial charge in [-0.1, -0.05) is 179 Å². The zero-order valence-corrected chi connectivity index (χ0v) is 36.8. The van der Waals surface area contributed by atoms with E-state index in [9.17, 15) is 5.11 Å². The first kappa shape index (κ1) is 44.1. The topological polar surface area (TPSA) is 84.8 Å². The number of aliphatic hydroxyl groups is 1. The molecule has 8 nitrogen and oxygen atoms in total. The van der Waals surface area contributed by atoms with E-state index in [0.717, 1.165) is 16.7 Å². The summed E-state index contributed by atoms with van der Waals surface area (Å²) in [6, 6.07) is 51.4. The molecule has 318 valence electrons. The van der Waals surface area contributed by atoms with E-state index in [-0.39, 0.29) is 17.1 Å². The Hall–Kier alpha value is -4.00. The first-order valence-electron chi connectivity index (χ1n) is 21.4. The largest absolute Gasteiger partial charge is 0.405 e. The zero-order valence-electron chi connectivity index (χ0n) is 35.8. The molecule has 0 bridgehead atoms. The van der Waals surface area contributed by atoms with Gasteiger partial charge < -0.3 is 38.0 Å². The van der Waals surface area contributed by atoms with Gasteiger partial charge in [-0.3, -0.25) is 0 Å². The van der Waals surface area contributed by atoms with Gasteiger partial charge in [0.15, 0.2) is 6.29 Å². The van der Waals surface area contributed by atoms with E-state index >= 15 is 0 Å². The third kappa shape index (κ3) is 10.2. The Balaban J connectivity index is 1.13. The molecule has 0 saturated carbocycles. The maximum atomic E-state index is 12.2. The highest BCUT2D eigenvalue weighted by Gasteiger charge is 2.53. The fourth-order valence-electron chi connectivity index (χ4n) is 8.76. The highest BCUT2D eigenvalue weighted by Crippen LogP contribution is 2.39. The Morgan fingerprint density at radius 1 is 0.517 bits per heavy atom. The highest BCUT2D eigenvalue weighted by atomic mass is 28.4. The third-order valence-corrected chi connectivity index (χ3v) is 17.1. The van der Waals surface area contributed by atoms with Crippen LogP contribution in [0.25, 0.3) is 0 Å². The summed E-state index contributed by atoms with van der Waals surface area (Å²) < 4.78 is 47.9. The van der Waals surface area contributed by atoms with Crippen LogP contribution in [0.3, 0.4) is 0 Å². The second-order valence-electron chi connectivity index (χ2n) is 17.3. The molecule has 0 aromatic heterocycles. The normalized spacial score (nSPS) is 27.4. The van der Waals surface area contributed by atoms with E-state index in [4.69, 9.17) is 32.8 Å². The van der Waals surface area contributed by atoms with Crippen LogP contribution in [0, 0.1) is 5.92 Å². The molecule has 2 heterocycles. The summed E-state index contributed by atoms with van der Waals surface area (Å²) in [4.78, 5) is 0. The van der Waals surface area contributed by atoms with Crippen molar-refractivity contribution in [1.82, 2.24) is 0 Å². The van der Waals surface area contributed by atoms with Crippen molar-refractivity contribution in [1.29, 1.82) is 0 Å². The summed E-state index contributed by atoms with van der Waals surface area (Å²) in [6.45, 7) is 14.1. The molecule has 7 rings (SSSR count). The maximum Gasteiger partial charge on any atom is 0.261 e. The van der Waals surface area contributed by atoms with E-state index in [2.05, 4.69) is 69.3 Å². The fraction of sp³-hybridized carbons (Fsp3) is 0.412. The number of hydrogen-bond donors (Lipinski definition) is 1. The van der Waals surface area contributed by atoms with Crippen molar-refractivity contribution in [2.75, 3.05) is 6.61 Å². The van der Waals surface area contributed by atoms with Crippen molar-refractivity contribution in [2.24, 2.45) is 5.92 Å². The molecule has 0 amide bonds. The van der Waals surface area contributed by atoms with Crippen LogP contribution in [0.1, 0.15) is 58.2 Å². The van der Waals surface area contributed by atoms with Gasteiger partial charge in [-0.15, -0.1) is 0 Å². The molecular weight excluding hydrogens is 769 g/mol. The molecule has 0 spiro atoms. The summed E-state index contributed by atoms with van der Waals surface area (Å²) in [5, 5.41) is 14.4. The van der Waals surface area contributed by atoms with Crippen LogP contribution >= 0.6 is 0 Å². The first-order chi connectivity index (χ1) is 29.0. The Morgan fingerprint density at radius 2 is 0.917 bits per heavy atom. The number of benzene rings is 5. The van der Waals surface area contributed by atoms with Gasteiger partial charge in [-0.25, -0.2) is 0 Å². The fourth-order valence-corrected chi connectivity index (χ4v) is 13.3. The molecule has 2 fully saturated rings. The second-order valence-corrected chi connectivity index (χ2v) is 21.6. The molecule has 10 atom stereocenters. The van der Waals surface area contributed by atoms with Crippen LogP contribution in [0.2, 0.25) is 5.04 Å². The van der Waals surface area contributed by atoms with Crippen molar-refractivity contribution in [3.63, 3.8) is 0 Å². The van der Waals surface area contributed by atoms with Gasteiger partial charge in [-0.2, -0.15) is 0 Å². The van der Waals surface area contributed by atoms with E-state index in [0.29, 0.717) is 26.4 Å². The lowest BCUT2D eigenvalue weighted by atomic mass is 9.88. The summed E-state index contributed by atoms with van der Waals surface area (Å²) in [5.41, 5.74) is 3.08. The molecule has 5 aromatic carbocycles. The Morgan fingerprint density at radius 3 is 1.37 bits per heavy atom. The molecule has 1 N–H and O–H groups in total. The molecule has 10 unspecified atom stereocenters. The SMILES string of the molecule is CC1OC(CO[Si](c2ccccc2)(c2ccccc2)C(C)(C)C)C(C)C(O)C1OC1OC(C)C(OCc2ccccc2)C(OCc2ccccc2)C1OCc1ccccc1. The van der Waals surface area contributed by atoms with Gasteiger partial charge in [0.1, 0.15) is 24.4 Å². The van der Waals surface area contributed by atoms with Crippen molar-refractivity contribution >= 4 is 18.7 Å². The van der Waals surface area contributed by atoms with E-state index in [1.54, 1.807) is 0 Å². The average Bonchev–Trinajstić information content (AvgIpc) is 3.27. The van der Waals surface area contributed by atoms with Crippen LogP contribution in [0.4, 0.5) is 0 Å². The van der Waals surface area contributed by atoms with Crippen LogP contribution < -0.4 is 10.4 Å².